The number of ether oxygens (including phenoxy) is 3. The van der Waals surface area contributed by atoms with E-state index in [0.717, 1.165) is 0 Å². The molecular weight excluding hydrogens is 232 g/mol. The summed E-state index contributed by atoms with van der Waals surface area (Å²) in [6.07, 6.45) is -0.754. The van der Waals surface area contributed by atoms with Crippen molar-refractivity contribution in [1.29, 1.82) is 0 Å². The van der Waals surface area contributed by atoms with Crippen LogP contribution in [-0.4, -0.2) is 32.3 Å². The lowest BCUT2D eigenvalue weighted by Gasteiger charge is -2.15. The van der Waals surface area contributed by atoms with Crippen LogP contribution in [-0.2, 0) is 0 Å². The second-order valence-corrected chi connectivity index (χ2v) is 3.44. The number of hydrogen-bond donors (Lipinski definition) is 1. The van der Waals surface area contributed by atoms with Crippen molar-refractivity contribution in [3.05, 3.63) is 17.7 Å². The average molecular weight is 247 g/mol. The molecule has 1 rings (SSSR count). The number of methoxy groups -OCH3 is 3. The minimum Gasteiger partial charge on any atom is -0.493 e. The van der Waals surface area contributed by atoms with Crippen LogP contribution >= 0.6 is 11.6 Å². The molecule has 0 radical (unpaired) electrons. The Morgan fingerprint density at radius 3 is 1.94 bits per heavy atom. The van der Waals surface area contributed by atoms with Gasteiger partial charge in [0.25, 0.3) is 0 Å². The molecule has 0 aromatic heterocycles. The second kappa shape index (κ2) is 5.82. The number of alkyl halides is 1. The molecule has 0 amide bonds. The van der Waals surface area contributed by atoms with Gasteiger partial charge in [0.1, 0.15) is 0 Å². The van der Waals surface area contributed by atoms with Crippen LogP contribution in [0.25, 0.3) is 0 Å². The van der Waals surface area contributed by atoms with Crippen molar-refractivity contribution in [2.75, 3.05) is 27.2 Å². The lowest BCUT2D eigenvalue weighted by molar-refractivity contribution is 0.201. The van der Waals surface area contributed by atoms with E-state index < -0.39 is 6.10 Å². The summed E-state index contributed by atoms with van der Waals surface area (Å²) in [4.78, 5) is 0. The quantitative estimate of drug-likeness (QED) is 0.808. The second-order valence-electron chi connectivity index (χ2n) is 3.13. The van der Waals surface area contributed by atoms with Gasteiger partial charge in [0.2, 0.25) is 5.75 Å². The van der Waals surface area contributed by atoms with E-state index in [9.17, 15) is 5.11 Å². The first-order valence-electron chi connectivity index (χ1n) is 4.71. The normalized spacial score (nSPS) is 12.1. The van der Waals surface area contributed by atoms with Crippen LogP contribution in [0.4, 0.5) is 0 Å². The minimum absolute atomic E-state index is 0.110. The predicted octanol–water partition coefficient (Wildman–Crippen LogP) is 1.98. The molecule has 1 unspecified atom stereocenters. The zero-order chi connectivity index (χ0) is 12.1. The highest BCUT2D eigenvalue weighted by Crippen LogP contribution is 2.39. The van der Waals surface area contributed by atoms with Crippen LogP contribution in [0.15, 0.2) is 12.1 Å². The molecule has 0 saturated carbocycles. The van der Waals surface area contributed by atoms with Gasteiger partial charge < -0.3 is 19.3 Å². The largest absolute Gasteiger partial charge is 0.493 e. The van der Waals surface area contributed by atoms with Crippen LogP contribution < -0.4 is 14.2 Å². The monoisotopic (exact) mass is 246 g/mol. The molecule has 0 spiro atoms. The van der Waals surface area contributed by atoms with Gasteiger partial charge in [0, 0.05) is 0 Å². The predicted molar refractivity (Wildman–Crippen MR) is 61.8 cm³/mol. The molecule has 1 atom stereocenters. The van der Waals surface area contributed by atoms with Crippen molar-refractivity contribution in [3.63, 3.8) is 0 Å². The Balaban J connectivity index is 3.25. The maximum absolute atomic E-state index is 9.65. The molecule has 0 bridgehead atoms. The van der Waals surface area contributed by atoms with E-state index in [0.29, 0.717) is 22.8 Å². The SMILES string of the molecule is COc1cc(C(O)CCl)cc(OC)c1OC. The van der Waals surface area contributed by atoms with Crippen LogP contribution in [0, 0.1) is 0 Å². The number of rotatable bonds is 5. The van der Waals surface area contributed by atoms with Gasteiger partial charge in [0.05, 0.1) is 33.3 Å². The third kappa shape index (κ3) is 2.51. The molecule has 5 heteroatoms. The van der Waals surface area contributed by atoms with E-state index in [4.69, 9.17) is 25.8 Å². The molecule has 0 aliphatic rings. The standard InChI is InChI=1S/C11H15ClO4/c1-14-9-4-7(8(13)6-12)5-10(15-2)11(9)16-3/h4-5,8,13H,6H2,1-3H3. The molecule has 0 fully saturated rings. The highest BCUT2D eigenvalue weighted by atomic mass is 35.5. The van der Waals surface area contributed by atoms with Crippen molar-refractivity contribution < 1.29 is 19.3 Å². The fourth-order valence-electron chi connectivity index (χ4n) is 1.38. The maximum Gasteiger partial charge on any atom is 0.203 e. The fraction of sp³-hybridized carbons (Fsp3) is 0.455. The van der Waals surface area contributed by atoms with Gasteiger partial charge >= 0.3 is 0 Å². The van der Waals surface area contributed by atoms with E-state index >= 15 is 0 Å². The molecule has 16 heavy (non-hydrogen) atoms. The zero-order valence-electron chi connectivity index (χ0n) is 9.49. The molecule has 1 aromatic carbocycles. The zero-order valence-corrected chi connectivity index (χ0v) is 10.2. The van der Waals surface area contributed by atoms with Crippen molar-refractivity contribution in [2.24, 2.45) is 0 Å². The molecule has 0 aliphatic carbocycles. The maximum atomic E-state index is 9.65. The third-order valence-corrected chi connectivity index (χ3v) is 2.51. The van der Waals surface area contributed by atoms with Gasteiger partial charge in [-0.3, -0.25) is 0 Å². The number of halogens is 1. The Hall–Kier alpha value is -1.13. The lowest BCUT2D eigenvalue weighted by atomic mass is 10.1. The molecule has 0 aliphatic heterocycles. The first kappa shape index (κ1) is 12.9. The van der Waals surface area contributed by atoms with Crippen LogP contribution in [0.5, 0.6) is 17.2 Å². The first-order chi connectivity index (χ1) is 7.67. The van der Waals surface area contributed by atoms with Gasteiger partial charge in [-0.25, -0.2) is 0 Å². The van der Waals surface area contributed by atoms with E-state index in [-0.39, 0.29) is 5.88 Å². The summed E-state index contributed by atoms with van der Waals surface area (Å²) in [5, 5.41) is 9.65. The van der Waals surface area contributed by atoms with Crippen LogP contribution in [0.3, 0.4) is 0 Å². The highest BCUT2D eigenvalue weighted by Gasteiger charge is 2.16. The number of aliphatic hydroxyl groups is 1. The summed E-state index contributed by atoms with van der Waals surface area (Å²) in [6, 6.07) is 3.35. The molecule has 0 saturated heterocycles. The summed E-state index contributed by atoms with van der Waals surface area (Å²) in [7, 11) is 4.57. The van der Waals surface area contributed by atoms with E-state index in [1.807, 2.05) is 0 Å². The third-order valence-electron chi connectivity index (χ3n) is 2.22. The Labute approximate surface area is 99.7 Å². The molecule has 1 aromatic rings. The van der Waals surface area contributed by atoms with E-state index in [2.05, 4.69) is 0 Å². The molecule has 4 nitrogen and oxygen atoms in total. The summed E-state index contributed by atoms with van der Waals surface area (Å²) < 4.78 is 15.5. The van der Waals surface area contributed by atoms with Gasteiger partial charge in [-0.15, -0.1) is 11.6 Å². The van der Waals surface area contributed by atoms with Gasteiger partial charge in [-0.2, -0.15) is 0 Å². The van der Waals surface area contributed by atoms with Crippen LogP contribution in [0.2, 0.25) is 0 Å². The van der Waals surface area contributed by atoms with Crippen molar-refractivity contribution >= 4 is 11.6 Å². The Morgan fingerprint density at radius 2 is 1.62 bits per heavy atom. The highest BCUT2D eigenvalue weighted by molar-refractivity contribution is 6.18. The molecule has 1 N–H and O–H groups in total. The Morgan fingerprint density at radius 1 is 1.12 bits per heavy atom. The minimum atomic E-state index is -0.754. The fourth-order valence-corrected chi connectivity index (χ4v) is 1.56. The van der Waals surface area contributed by atoms with Crippen molar-refractivity contribution in [3.8, 4) is 17.2 Å². The molecule has 0 heterocycles. The topological polar surface area (TPSA) is 47.9 Å². The van der Waals surface area contributed by atoms with E-state index in [1.54, 1.807) is 12.1 Å². The number of benzene rings is 1. The van der Waals surface area contributed by atoms with Crippen molar-refractivity contribution in [1.82, 2.24) is 0 Å². The number of hydrogen-bond acceptors (Lipinski definition) is 4. The van der Waals surface area contributed by atoms with Gasteiger partial charge in [-0.1, -0.05) is 0 Å². The van der Waals surface area contributed by atoms with Crippen LogP contribution in [0.1, 0.15) is 11.7 Å². The summed E-state index contributed by atoms with van der Waals surface area (Å²) in [6.45, 7) is 0. The summed E-state index contributed by atoms with van der Waals surface area (Å²) >= 11 is 5.59. The molecular formula is C11H15ClO4. The lowest BCUT2D eigenvalue weighted by Crippen LogP contribution is -2.02. The Bertz CT molecular complexity index is 329. The first-order valence-corrected chi connectivity index (χ1v) is 5.25. The summed E-state index contributed by atoms with van der Waals surface area (Å²) in [5.41, 5.74) is 0.629. The van der Waals surface area contributed by atoms with E-state index in [1.165, 1.54) is 21.3 Å². The van der Waals surface area contributed by atoms with Gasteiger partial charge in [-0.05, 0) is 17.7 Å². The average Bonchev–Trinajstić information content (AvgIpc) is 2.35. The number of aliphatic hydroxyl groups excluding tert-OH is 1. The Kier molecular flexibility index (Phi) is 4.71. The summed E-state index contributed by atoms with van der Waals surface area (Å²) in [5.74, 6) is 1.61. The van der Waals surface area contributed by atoms with Gasteiger partial charge in [0.15, 0.2) is 11.5 Å². The van der Waals surface area contributed by atoms with Crippen molar-refractivity contribution in [2.45, 2.75) is 6.10 Å². The smallest absolute Gasteiger partial charge is 0.203 e. The molecule has 90 valence electrons.